The average molecular weight is 427 g/mol. The van der Waals surface area contributed by atoms with Crippen LogP contribution in [0, 0.1) is 0 Å². The zero-order valence-corrected chi connectivity index (χ0v) is 16.8. The van der Waals surface area contributed by atoms with Gasteiger partial charge >= 0.3 is 0 Å². The number of hydrogen-bond donors (Lipinski definition) is 1. The molecule has 0 aliphatic rings. The van der Waals surface area contributed by atoms with Crippen molar-refractivity contribution in [3.8, 4) is 11.5 Å². The number of benzene rings is 1. The van der Waals surface area contributed by atoms with Gasteiger partial charge in [-0.25, -0.2) is 4.68 Å². The van der Waals surface area contributed by atoms with Crippen LogP contribution in [0.2, 0.25) is 0 Å². The number of carbonyl (C=O) groups is 1. The number of amides is 1. The molecule has 0 atom stereocenters. The number of aromatic nitrogens is 4. The van der Waals surface area contributed by atoms with E-state index in [0.29, 0.717) is 33.7 Å². The molecule has 1 amide bonds. The molecule has 0 bridgehead atoms. The summed E-state index contributed by atoms with van der Waals surface area (Å²) in [7, 11) is 0. The van der Waals surface area contributed by atoms with E-state index in [0.717, 1.165) is 0 Å². The van der Waals surface area contributed by atoms with E-state index in [1.165, 1.54) is 17.0 Å². The molecule has 9 heteroatoms. The van der Waals surface area contributed by atoms with Crippen LogP contribution in [-0.4, -0.2) is 25.8 Å². The first-order valence-electron chi connectivity index (χ1n) is 9.86. The molecule has 5 rings (SSSR count). The van der Waals surface area contributed by atoms with Crippen molar-refractivity contribution in [1.82, 2.24) is 25.2 Å². The van der Waals surface area contributed by atoms with Crippen molar-refractivity contribution in [2.24, 2.45) is 0 Å². The smallest absolute Gasteiger partial charge is 0.275 e. The number of hydrogen-bond acceptors (Lipinski definition) is 7. The summed E-state index contributed by atoms with van der Waals surface area (Å²) in [6.07, 6.45) is 3.17. The Morgan fingerprint density at radius 1 is 1.00 bits per heavy atom. The first kappa shape index (κ1) is 19.4. The minimum atomic E-state index is -0.431. The lowest BCUT2D eigenvalue weighted by Crippen LogP contribution is -2.29. The Morgan fingerprint density at radius 2 is 1.84 bits per heavy atom. The van der Waals surface area contributed by atoms with Crippen molar-refractivity contribution < 1.29 is 13.7 Å². The van der Waals surface area contributed by atoms with Crippen molar-refractivity contribution in [3.63, 3.8) is 0 Å². The van der Waals surface area contributed by atoms with Gasteiger partial charge in [-0.05, 0) is 30.3 Å². The molecule has 9 nitrogen and oxygen atoms in total. The summed E-state index contributed by atoms with van der Waals surface area (Å²) in [6, 6.07) is 17.6. The van der Waals surface area contributed by atoms with E-state index in [4.69, 9.17) is 8.94 Å². The Morgan fingerprint density at radius 3 is 2.62 bits per heavy atom. The molecule has 0 fully saturated rings. The Labute approximate surface area is 181 Å². The second kappa shape index (κ2) is 8.31. The maximum atomic E-state index is 12.9. The predicted molar refractivity (Wildman–Crippen MR) is 115 cm³/mol. The maximum absolute atomic E-state index is 12.9. The number of fused-ring (bicyclic) bond motifs is 1. The van der Waals surface area contributed by atoms with Gasteiger partial charge in [-0.3, -0.25) is 14.6 Å². The number of rotatable bonds is 6. The van der Waals surface area contributed by atoms with Crippen LogP contribution in [-0.2, 0) is 13.1 Å². The molecule has 1 N–H and O–H groups in total. The Kier molecular flexibility index (Phi) is 5.04. The SMILES string of the molecule is O=C(NCc1nn(Cc2ccccn2)c(=O)c2ccccc12)c1cc(-c2ccco2)on1. The summed E-state index contributed by atoms with van der Waals surface area (Å²) in [6.45, 7) is 0.325. The molecule has 0 aliphatic carbocycles. The van der Waals surface area contributed by atoms with Gasteiger partial charge in [0.05, 0.1) is 36.1 Å². The van der Waals surface area contributed by atoms with Crippen LogP contribution < -0.4 is 10.9 Å². The third-order valence-corrected chi connectivity index (χ3v) is 4.91. The zero-order valence-electron chi connectivity index (χ0n) is 16.8. The van der Waals surface area contributed by atoms with Gasteiger partial charge in [0.2, 0.25) is 5.76 Å². The van der Waals surface area contributed by atoms with Gasteiger partial charge in [-0.2, -0.15) is 5.10 Å². The van der Waals surface area contributed by atoms with Gasteiger partial charge in [-0.15, -0.1) is 0 Å². The summed E-state index contributed by atoms with van der Waals surface area (Å²) in [5, 5.41) is 12.3. The molecule has 0 saturated heterocycles. The van der Waals surface area contributed by atoms with Gasteiger partial charge in [0, 0.05) is 17.6 Å². The lowest BCUT2D eigenvalue weighted by atomic mass is 10.1. The highest BCUT2D eigenvalue weighted by atomic mass is 16.5. The van der Waals surface area contributed by atoms with E-state index in [1.807, 2.05) is 24.3 Å². The Balaban J connectivity index is 1.41. The van der Waals surface area contributed by atoms with Crippen molar-refractivity contribution in [3.05, 3.63) is 101 Å². The van der Waals surface area contributed by atoms with E-state index >= 15 is 0 Å². The molecule has 0 saturated carbocycles. The van der Waals surface area contributed by atoms with E-state index in [9.17, 15) is 9.59 Å². The highest BCUT2D eigenvalue weighted by molar-refractivity contribution is 5.93. The lowest BCUT2D eigenvalue weighted by molar-refractivity contribution is 0.0941. The minimum Gasteiger partial charge on any atom is -0.461 e. The molecule has 32 heavy (non-hydrogen) atoms. The summed E-state index contributed by atoms with van der Waals surface area (Å²) >= 11 is 0. The molecule has 5 aromatic rings. The largest absolute Gasteiger partial charge is 0.461 e. The third-order valence-electron chi connectivity index (χ3n) is 4.91. The number of carbonyl (C=O) groups excluding carboxylic acids is 1. The van der Waals surface area contributed by atoms with Crippen LogP contribution in [0.5, 0.6) is 0 Å². The molecule has 0 unspecified atom stereocenters. The maximum Gasteiger partial charge on any atom is 0.275 e. The number of furan rings is 1. The van der Waals surface area contributed by atoms with Gasteiger partial charge in [0.25, 0.3) is 11.5 Å². The summed E-state index contributed by atoms with van der Waals surface area (Å²) in [4.78, 5) is 29.8. The van der Waals surface area contributed by atoms with Crippen LogP contribution in [0.15, 0.2) is 86.9 Å². The predicted octanol–water partition coefficient (Wildman–Crippen LogP) is 3.02. The molecule has 158 valence electrons. The van der Waals surface area contributed by atoms with E-state index < -0.39 is 5.91 Å². The highest BCUT2D eigenvalue weighted by Gasteiger charge is 2.17. The van der Waals surface area contributed by atoms with Crippen LogP contribution in [0.25, 0.3) is 22.3 Å². The molecule has 4 aromatic heterocycles. The van der Waals surface area contributed by atoms with Crippen molar-refractivity contribution >= 4 is 16.7 Å². The van der Waals surface area contributed by atoms with Crippen molar-refractivity contribution in [1.29, 1.82) is 0 Å². The van der Waals surface area contributed by atoms with Gasteiger partial charge in [0.1, 0.15) is 0 Å². The number of nitrogens with one attached hydrogen (secondary N) is 1. The van der Waals surface area contributed by atoms with E-state index in [2.05, 4.69) is 20.6 Å². The topological polar surface area (TPSA) is 116 Å². The van der Waals surface area contributed by atoms with Gasteiger partial charge in [0.15, 0.2) is 11.5 Å². The number of pyridine rings is 1. The van der Waals surface area contributed by atoms with E-state index in [-0.39, 0.29) is 24.3 Å². The van der Waals surface area contributed by atoms with Gasteiger partial charge < -0.3 is 14.3 Å². The van der Waals surface area contributed by atoms with Crippen molar-refractivity contribution in [2.75, 3.05) is 0 Å². The van der Waals surface area contributed by atoms with Crippen molar-refractivity contribution in [2.45, 2.75) is 13.1 Å². The monoisotopic (exact) mass is 427 g/mol. The lowest BCUT2D eigenvalue weighted by Gasteiger charge is -2.11. The molecular formula is C23H17N5O4. The second-order valence-corrected chi connectivity index (χ2v) is 7.01. The number of nitrogens with zero attached hydrogens (tertiary/aromatic N) is 4. The zero-order chi connectivity index (χ0) is 21.9. The highest BCUT2D eigenvalue weighted by Crippen LogP contribution is 2.20. The molecule has 0 spiro atoms. The molecule has 1 aromatic carbocycles. The van der Waals surface area contributed by atoms with Gasteiger partial charge in [-0.1, -0.05) is 29.4 Å². The molecule has 0 aliphatic heterocycles. The quantitative estimate of drug-likeness (QED) is 0.443. The van der Waals surface area contributed by atoms with Crippen LogP contribution in [0.4, 0.5) is 0 Å². The van der Waals surface area contributed by atoms with Crippen LogP contribution in [0.3, 0.4) is 0 Å². The Bertz CT molecular complexity index is 1440. The molecule has 4 heterocycles. The molecule has 0 radical (unpaired) electrons. The minimum absolute atomic E-state index is 0.102. The fourth-order valence-corrected chi connectivity index (χ4v) is 3.36. The fraction of sp³-hybridized carbons (Fsp3) is 0.0870. The second-order valence-electron chi connectivity index (χ2n) is 7.01. The summed E-state index contributed by atoms with van der Waals surface area (Å²) < 4.78 is 11.8. The summed E-state index contributed by atoms with van der Waals surface area (Å²) in [5.41, 5.74) is 1.16. The Hall–Kier alpha value is -4.53. The van der Waals surface area contributed by atoms with E-state index in [1.54, 1.807) is 36.5 Å². The average Bonchev–Trinajstić information content (AvgIpc) is 3.53. The van der Waals surface area contributed by atoms with Crippen LogP contribution in [0.1, 0.15) is 21.9 Å². The normalized spacial score (nSPS) is 11.0. The third kappa shape index (κ3) is 3.79. The molecular weight excluding hydrogens is 410 g/mol. The fourth-order valence-electron chi connectivity index (χ4n) is 3.36. The summed E-state index contributed by atoms with van der Waals surface area (Å²) in [5.74, 6) is 0.401. The van der Waals surface area contributed by atoms with Crippen LogP contribution >= 0.6 is 0 Å². The standard InChI is InChI=1S/C23H17N5O4/c29-22(18-12-21(32-27-18)20-9-5-11-31-20)25-13-19-16-7-1-2-8-17(16)23(30)28(26-19)14-15-6-3-4-10-24-15/h1-12H,13-14H2,(H,25,29). The first-order chi connectivity index (χ1) is 15.7. The first-order valence-corrected chi connectivity index (χ1v) is 9.86.